The van der Waals surface area contributed by atoms with E-state index in [2.05, 4.69) is 10.6 Å². The third-order valence-electron chi connectivity index (χ3n) is 3.66. The molecule has 2 unspecified atom stereocenters. The van der Waals surface area contributed by atoms with Crippen molar-refractivity contribution in [3.63, 3.8) is 0 Å². The number of carbonyl (C=O) groups is 1. The lowest BCUT2D eigenvalue weighted by atomic mass is 10.1. The van der Waals surface area contributed by atoms with E-state index in [9.17, 15) is 4.79 Å². The van der Waals surface area contributed by atoms with Crippen LogP contribution in [0, 0.1) is 0 Å². The van der Waals surface area contributed by atoms with E-state index < -0.39 is 0 Å². The predicted octanol–water partition coefficient (Wildman–Crippen LogP) is 1.20. The van der Waals surface area contributed by atoms with Crippen LogP contribution in [0.4, 0.5) is 0 Å². The summed E-state index contributed by atoms with van der Waals surface area (Å²) in [5.41, 5.74) is 0. The maximum Gasteiger partial charge on any atom is 0.221 e. The zero-order valence-corrected chi connectivity index (χ0v) is 10.5. The van der Waals surface area contributed by atoms with Crippen LogP contribution in [0.1, 0.15) is 44.9 Å². The minimum Gasteiger partial charge on any atom is -0.378 e. The zero-order valence-electron chi connectivity index (χ0n) is 10.5. The Morgan fingerprint density at radius 2 is 2.24 bits per heavy atom. The van der Waals surface area contributed by atoms with Crippen molar-refractivity contribution < 1.29 is 9.53 Å². The summed E-state index contributed by atoms with van der Waals surface area (Å²) in [5.74, 6) is 0.181. The first-order valence-electron chi connectivity index (χ1n) is 6.96. The summed E-state index contributed by atoms with van der Waals surface area (Å²) in [5, 5.41) is 6.34. The van der Waals surface area contributed by atoms with Crippen LogP contribution in [-0.2, 0) is 9.53 Å². The molecule has 2 aliphatic rings. The molecule has 0 aliphatic carbocycles. The van der Waals surface area contributed by atoms with Gasteiger partial charge in [-0.25, -0.2) is 0 Å². The highest BCUT2D eigenvalue weighted by Crippen LogP contribution is 2.15. The standard InChI is InChI=1S/C13H24N2O2/c16-13(10-11-4-3-7-14-11)15-8-6-12-5-1-2-9-17-12/h11-12,14H,1-10H2,(H,15,16). The molecule has 2 fully saturated rings. The topological polar surface area (TPSA) is 50.4 Å². The number of hydrogen-bond donors (Lipinski definition) is 2. The van der Waals surface area contributed by atoms with E-state index >= 15 is 0 Å². The van der Waals surface area contributed by atoms with Gasteiger partial charge in [0.25, 0.3) is 0 Å². The molecule has 0 radical (unpaired) electrons. The van der Waals surface area contributed by atoms with E-state index in [1.54, 1.807) is 0 Å². The largest absolute Gasteiger partial charge is 0.378 e. The molecule has 2 saturated heterocycles. The van der Waals surface area contributed by atoms with Gasteiger partial charge in [-0.2, -0.15) is 0 Å². The molecule has 2 rings (SSSR count). The Bertz CT molecular complexity index is 234. The fourth-order valence-electron chi connectivity index (χ4n) is 2.63. The van der Waals surface area contributed by atoms with Gasteiger partial charge in [0.1, 0.15) is 0 Å². The molecule has 0 aromatic rings. The van der Waals surface area contributed by atoms with Crippen molar-refractivity contribution in [3.8, 4) is 0 Å². The molecule has 0 aromatic heterocycles. The second kappa shape index (κ2) is 6.97. The number of hydrogen-bond acceptors (Lipinski definition) is 3. The van der Waals surface area contributed by atoms with Crippen LogP contribution in [0.5, 0.6) is 0 Å². The van der Waals surface area contributed by atoms with Gasteiger partial charge in [0.05, 0.1) is 6.10 Å². The van der Waals surface area contributed by atoms with Crippen LogP contribution in [0.15, 0.2) is 0 Å². The average molecular weight is 240 g/mol. The first kappa shape index (κ1) is 12.8. The summed E-state index contributed by atoms with van der Waals surface area (Å²) < 4.78 is 5.63. The summed E-state index contributed by atoms with van der Waals surface area (Å²) >= 11 is 0. The van der Waals surface area contributed by atoms with Gasteiger partial charge >= 0.3 is 0 Å². The van der Waals surface area contributed by atoms with Crippen molar-refractivity contribution in [1.82, 2.24) is 10.6 Å². The Balaban J connectivity index is 1.53. The van der Waals surface area contributed by atoms with Crippen LogP contribution in [0.25, 0.3) is 0 Å². The lowest BCUT2D eigenvalue weighted by Crippen LogP contribution is -2.34. The molecular formula is C13H24N2O2. The maximum absolute atomic E-state index is 11.6. The molecule has 1 amide bonds. The summed E-state index contributed by atoms with van der Waals surface area (Å²) in [6.45, 7) is 2.72. The lowest BCUT2D eigenvalue weighted by Gasteiger charge is -2.22. The molecule has 0 aromatic carbocycles. The fourth-order valence-corrected chi connectivity index (χ4v) is 2.63. The first-order valence-corrected chi connectivity index (χ1v) is 6.96. The molecule has 17 heavy (non-hydrogen) atoms. The van der Waals surface area contributed by atoms with Gasteiger partial charge in [0, 0.05) is 25.6 Å². The second-order valence-electron chi connectivity index (χ2n) is 5.12. The lowest BCUT2D eigenvalue weighted by molar-refractivity contribution is -0.121. The zero-order chi connectivity index (χ0) is 11.9. The number of rotatable bonds is 5. The molecular weight excluding hydrogens is 216 g/mol. The minimum atomic E-state index is 0.181. The van der Waals surface area contributed by atoms with Crippen molar-refractivity contribution in [2.24, 2.45) is 0 Å². The van der Waals surface area contributed by atoms with E-state index in [1.165, 1.54) is 19.3 Å². The number of ether oxygens (including phenoxy) is 1. The quantitative estimate of drug-likeness (QED) is 0.759. The number of amides is 1. The fraction of sp³-hybridized carbons (Fsp3) is 0.923. The predicted molar refractivity (Wildman–Crippen MR) is 66.9 cm³/mol. The molecule has 0 spiro atoms. The molecule has 2 atom stereocenters. The monoisotopic (exact) mass is 240 g/mol. The number of carbonyl (C=O) groups excluding carboxylic acids is 1. The first-order chi connectivity index (χ1) is 8.34. The van der Waals surface area contributed by atoms with Gasteiger partial charge in [0.2, 0.25) is 5.91 Å². The van der Waals surface area contributed by atoms with E-state index in [0.717, 1.165) is 39.0 Å². The van der Waals surface area contributed by atoms with Crippen molar-refractivity contribution in [3.05, 3.63) is 0 Å². The highest BCUT2D eigenvalue weighted by molar-refractivity contribution is 5.76. The van der Waals surface area contributed by atoms with Crippen LogP contribution in [0.3, 0.4) is 0 Å². The van der Waals surface area contributed by atoms with Crippen molar-refractivity contribution in [2.45, 2.75) is 57.1 Å². The highest BCUT2D eigenvalue weighted by Gasteiger charge is 2.18. The maximum atomic E-state index is 11.6. The Labute approximate surface area is 103 Å². The van der Waals surface area contributed by atoms with Crippen LogP contribution < -0.4 is 10.6 Å². The van der Waals surface area contributed by atoms with Crippen molar-refractivity contribution in [1.29, 1.82) is 0 Å². The van der Waals surface area contributed by atoms with Gasteiger partial charge in [-0.15, -0.1) is 0 Å². The molecule has 2 aliphatic heterocycles. The summed E-state index contributed by atoms with van der Waals surface area (Å²) in [6, 6.07) is 0.404. The number of nitrogens with one attached hydrogen (secondary N) is 2. The molecule has 0 bridgehead atoms. The van der Waals surface area contributed by atoms with E-state index in [0.29, 0.717) is 18.6 Å². The Morgan fingerprint density at radius 1 is 1.29 bits per heavy atom. The summed E-state index contributed by atoms with van der Waals surface area (Å²) in [6.07, 6.45) is 7.91. The van der Waals surface area contributed by atoms with Gasteiger partial charge in [-0.3, -0.25) is 4.79 Å². The molecule has 2 N–H and O–H groups in total. The molecule has 4 heteroatoms. The van der Waals surface area contributed by atoms with Crippen molar-refractivity contribution >= 4 is 5.91 Å². The third-order valence-corrected chi connectivity index (χ3v) is 3.66. The van der Waals surface area contributed by atoms with Gasteiger partial charge in [-0.05, 0) is 45.1 Å². The normalized spacial score (nSPS) is 29.2. The van der Waals surface area contributed by atoms with Crippen LogP contribution in [0.2, 0.25) is 0 Å². The summed E-state index contributed by atoms with van der Waals surface area (Å²) in [7, 11) is 0. The van der Waals surface area contributed by atoms with Gasteiger partial charge in [-0.1, -0.05) is 0 Å². The van der Waals surface area contributed by atoms with Gasteiger partial charge in [0.15, 0.2) is 0 Å². The third kappa shape index (κ3) is 4.64. The highest BCUT2D eigenvalue weighted by atomic mass is 16.5. The van der Waals surface area contributed by atoms with E-state index in [1.807, 2.05) is 0 Å². The summed E-state index contributed by atoms with van der Waals surface area (Å²) in [4.78, 5) is 11.6. The van der Waals surface area contributed by atoms with Gasteiger partial charge < -0.3 is 15.4 Å². The smallest absolute Gasteiger partial charge is 0.221 e. The molecule has 4 nitrogen and oxygen atoms in total. The SMILES string of the molecule is O=C(CC1CCCN1)NCCC1CCCCO1. The van der Waals surface area contributed by atoms with E-state index in [4.69, 9.17) is 4.74 Å². The van der Waals surface area contributed by atoms with E-state index in [-0.39, 0.29) is 5.91 Å². The Morgan fingerprint density at radius 3 is 2.94 bits per heavy atom. The Hall–Kier alpha value is -0.610. The second-order valence-corrected chi connectivity index (χ2v) is 5.12. The molecule has 2 heterocycles. The molecule has 0 saturated carbocycles. The van der Waals surface area contributed by atoms with Crippen molar-refractivity contribution in [2.75, 3.05) is 19.7 Å². The minimum absolute atomic E-state index is 0.181. The Kier molecular flexibility index (Phi) is 5.26. The van der Waals surface area contributed by atoms with Crippen LogP contribution in [-0.4, -0.2) is 37.7 Å². The van der Waals surface area contributed by atoms with Crippen LogP contribution >= 0.6 is 0 Å². The average Bonchev–Trinajstić information content (AvgIpc) is 2.83. The molecule has 98 valence electrons.